The van der Waals surface area contributed by atoms with Gasteiger partial charge in [0.1, 0.15) is 0 Å². The summed E-state index contributed by atoms with van der Waals surface area (Å²) in [5.41, 5.74) is 15.9. The van der Waals surface area contributed by atoms with E-state index in [1.54, 1.807) is 14.2 Å². The van der Waals surface area contributed by atoms with Crippen LogP contribution in [-0.4, -0.2) is 64.2 Å². The van der Waals surface area contributed by atoms with Crippen LogP contribution in [0.3, 0.4) is 0 Å². The Morgan fingerprint density at radius 3 is 0.639 bits per heavy atom. The molecule has 4 N–H and O–H groups in total. The van der Waals surface area contributed by atoms with Crippen molar-refractivity contribution in [1.29, 1.82) is 0 Å². The molecule has 0 aliphatic heterocycles. The van der Waals surface area contributed by atoms with E-state index in [0.717, 1.165) is 173 Å². The van der Waals surface area contributed by atoms with Crippen molar-refractivity contribution >= 4 is 85.3 Å². The molecule has 3 heterocycles. The predicted octanol–water partition coefficient (Wildman–Crippen LogP) is 25.8. The molecule has 0 aliphatic rings. The molecule has 147 heavy (non-hydrogen) atoms. The Kier molecular flexibility index (Phi) is 40.2. The maximum atomic E-state index is 14.9. The van der Waals surface area contributed by atoms with E-state index in [2.05, 4.69) is 245 Å². The molecule has 3 radical (unpaired) electrons. The Morgan fingerprint density at radius 2 is 0.483 bits per heavy atom. The molecule has 0 fully saturated rings. The molecule has 24 heteroatoms. The molecule has 0 saturated heterocycles. The Balaban J connectivity index is 0.000000211. The number of carboxylic acids is 1. The number of nitrogens with zero attached hydrogens (tertiary/aromatic N) is 3. The molecule has 0 unspecified atom stereocenters. The fourth-order valence-electron chi connectivity index (χ4n) is 15.9. The van der Waals surface area contributed by atoms with Gasteiger partial charge in [0.2, 0.25) is 0 Å². The average molecular weight is 2580 g/mol. The van der Waals surface area contributed by atoms with Crippen molar-refractivity contribution < 1.29 is 132 Å². The van der Waals surface area contributed by atoms with E-state index in [1.807, 2.05) is 261 Å². The topological polar surface area (TPSA) is 232 Å². The number of pyridine rings is 3. The third-order valence-electron chi connectivity index (χ3n) is 23.9. The number of aryl methyl sites for hydroxylation is 1. The number of rotatable bonds is 20. The van der Waals surface area contributed by atoms with Crippen molar-refractivity contribution in [2.45, 2.75) is 97.9 Å². The van der Waals surface area contributed by atoms with E-state index in [1.165, 1.54) is 16.7 Å². The first-order valence-corrected chi connectivity index (χ1v) is 52.7. The second-order valence-electron chi connectivity index (χ2n) is 37.1. The zero-order chi connectivity index (χ0) is 102. The zero-order valence-corrected chi connectivity index (χ0v) is 92.9. The third kappa shape index (κ3) is 28.9. The van der Waals surface area contributed by atoms with E-state index in [0.29, 0.717) is 0 Å². The van der Waals surface area contributed by atoms with E-state index >= 15 is 0 Å². The molecule has 18 aromatic rings. The van der Waals surface area contributed by atoms with Gasteiger partial charge in [-0.1, -0.05) is 360 Å². The van der Waals surface area contributed by atoms with E-state index in [-0.39, 0.29) is 88.9 Å². The Hall–Kier alpha value is -12.6. The van der Waals surface area contributed by atoms with Crippen molar-refractivity contribution in [3.8, 4) is 112 Å². The Bertz CT molecular complexity index is 7240. The molecule has 0 spiro atoms. The van der Waals surface area contributed by atoms with Gasteiger partial charge in [-0.25, -0.2) is 0 Å². The molecule has 14 nitrogen and oxygen atoms in total. The predicted molar refractivity (Wildman–Crippen MR) is 581 cm³/mol. The molecule has 0 atom stereocenters. The summed E-state index contributed by atoms with van der Waals surface area (Å²) in [6.07, 6.45) is 0. The summed E-state index contributed by atoms with van der Waals surface area (Å²) in [6.45, 7) is 23.0. The van der Waals surface area contributed by atoms with Crippen LogP contribution in [0.2, 0.25) is 0 Å². The summed E-state index contributed by atoms with van der Waals surface area (Å²) in [7, 11) is -11.7. The molecule has 0 bridgehead atoms. The number of carboxylic acid groups (broad SMARTS) is 1. The third-order valence-corrected chi connectivity index (χ3v) is 33.7. The molecule has 0 saturated carbocycles. The van der Waals surface area contributed by atoms with Crippen LogP contribution in [0.5, 0.6) is 11.5 Å². The van der Waals surface area contributed by atoms with Crippen molar-refractivity contribution in [3.05, 3.63) is 459 Å². The van der Waals surface area contributed by atoms with Crippen molar-refractivity contribution in [3.63, 3.8) is 0 Å². The van der Waals surface area contributed by atoms with Crippen LogP contribution >= 0.6 is 21.4 Å². The minimum Gasteiger partial charge on any atom is -0.540 e. The second-order valence-corrected chi connectivity index (χ2v) is 46.8. The normalized spacial score (nSPS) is 11.4. The van der Waals surface area contributed by atoms with Crippen molar-refractivity contribution in [2.75, 3.05) is 14.2 Å². The van der Waals surface area contributed by atoms with Crippen molar-refractivity contribution in [2.24, 2.45) is 0 Å². The summed E-state index contributed by atoms with van der Waals surface area (Å²) in [5, 5.41) is 14.7. The van der Waals surface area contributed by atoms with E-state index in [9.17, 15) is 26.9 Å². The number of hydrogen-bond acceptors (Lipinski definition) is 11. The van der Waals surface area contributed by atoms with Gasteiger partial charge < -0.3 is 48.7 Å². The largest absolute Gasteiger partial charge is 0.540 e. The molecule has 3 aromatic heterocycles. The number of carbonyl (C=O) groups is 1. The maximum Gasteiger partial charge on any atom is 0.522 e. The number of halogens is 3. The van der Waals surface area contributed by atoms with Gasteiger partial charge in [-0.3, -0.25) is 9.35 Å². The van der Waals surface area contributed by atoms with Crippen LogP contribution in [-0.2, 0) is 112 Å². The van der Waals surface area contributed by atoms with Crippen LogP contribution in [0.25, 0.3) is 101 Å². The fraction of sp³-hybridized carbons (Fsp3) is 0.138. The van der Waals surface area contributed by atoms with Crippen LogP contribution < -0.4 is 57.2 Å². The molecule has 763 valence electrons. The minimum absolute atomic E-state index is 0. The van der Waals surface area contributed by atoms with Gasteiger partial charge in [0.05, 0.1) is 14.2 Å². The number of aliphatic carboxylic acids is 1. The van der Waals surface area contributed by atoms with E-state index < -0.39 is 43.0 Å². The number of ether oxygens (including phenoxy) is 2. The summed E-state index contributed by atoms with van der Waals surface area (Å²) >= 11 is 0. The molecular formula is C123H109Au3F3N3O11P3S-6. The van der Waals surface area contributed by atoms with Gasteiger partial charge in [-0.15, -0.1) is 201 Å². The Morgan fingerprint density at radius 1 is 0.299 bits per heavy atom. The van der Waals surface area contributed by atoms with Gasteiger partial charge in [0.15, 0.2) is 21.4 Å². The van der Waals surface area contributed by atoms with Gasteiger partial charge in [0, 0.05) is 133 Å². The molecule has 0 aliphatic carbocycles. The van der Waals surface area contributed by atoms with Gasteiger partial charge in [0.25, 0.3) is 5.97 Å². The minimum atomic E-state index is -5.84. The molecule has 18 rings (SSSR count). The monoisotopic (exact) mass is 2580 g/mol. The smallest absolute Gasteiger partial charge is 0.522 e. The number of benzene rings is 15. The van der Waals surface area contributed by atoms with Crippen LogP contribution in [0.1, 0.15) is 91.5 Å². The molecule has 0 amide bonds. The number of alkyl halides is 3. The van der Waals surface area contributed by atoms with Crippen LogP contribution in [0.15, 0.2) is 400 Å². The first-order chi connectivity index (χ1) is 68.2. The summed E-state index contributed by atoms with van der Waals surface area (Å²) in [5.74, 6) is 0.654. The van der Waals surface area contributed by atoms with Gasteiger partial charge in [-0.2, -0.15) is 21.6 Å². The van der Waals surface area contributed by atoms with Crippen LogP contribution in [0.4, 0.5) is 13.2 Å². The first-order valence-electron chi connectivity index (χ1n) is 46.2. The summed E-state index contributed by atoms with van der Waals surface area (Å²) < 4.78 is 113. The van der Waals surface area contributed by atoms with Gasteiger partial charge in [-0.05, 0) is 83.8 Å². The fourth-order valence-corrected chi connectivity index (χ4v) is 23.8. The van der Waals surface area contributed by atoms with E-state index in [4.69, 9.17) is 47.3 Å². The molecular weight excluding hydrogens is 2470 g/mol. The second kappa shape index (κ2) is 50.9. The summed E-state index contributed by atoms with van der Waals surface area (Å²) in [4.78, 5) is 24.1. The quantitative estimate of drug-likeness (QED) is 0.0238. The van der Waals surface area contributed by atoms with Gasteiger partial charge >= 0.3 is 15.6 Å². The van der Waals surface area contributed by atoms with Crippen molar-refractivity contribution in [1.82, 2.24) is 15.0 Å². The average Bonchev–Trinajstić information content (AvgIpc) is 0.883. The molecule has 15 aromatic carbocycles. The number of methoxy groups -OCH3 is 2. The first kappa shape index (κ1) is 116. The standard InChI is InChI=1S/2C40H34NO2P.C40H34NOP.C2H4O2.CHF3O3S.3Au.H2O/c2*1-40(2,3)33-21-15-30(16-22-33)38-27-32(28-39(41-38)31-17-23-34(43-4)24-18-31)29-19-25-37(26-20-29)44(42,35-11-7-5-8-12-35)36-13-9-6-10-14-36;1-29-15-17-31(18-16-29)38-27-33(28-39(41-38)32-19-23-34(24-20-32)40(2,3)4)30-21-25-37(26-22-30)43(42,35-11-7-5-8-12-35)36-13-9-6-10-14-36;1-2(3)4;2-1(3,4)8(5,6)7;;;;/h2*5-15,17,19-28H,1-4H3;5-17,19,21-28H,1-4H3;1H3,(H,3,4);(H,5,6,7);;;;1H2/q3*-2;;;;;;. The number of aromatic nitrogens is 3. The summed E-state index contributed by atoms with van der Waals surface area (Å²) in [6, 6.07) is 153. The maximum absolute atomic E-state index is 14.9. The van der Waals surface area contributed by atoms with Crippen LogP contribution in [0, 0.1) is 43.3 Å². The Labute approximate surface area is 907 Å². The number of hydrogen-bond donors (Lipinski definition) is 2. The SMILES string of the molecule is CC(=O)O.COc1c[c-]c(-c2cc(-c3ccc(P(=O)(c4ccccc4)c4ccccc4)cc3)cc(-c3[c-]cc(C(C)(C)C)cc3)n2)cc1.COc1c[c-]c(-c2cc(-c3ccc(P(=O)(c4ccccc4)c4ccccc4)cc3)cc(-c3[c-]cc(C(C)(C)C)cc3)n2)cc1.Cc1c[c-]c(-c2cc(-c3ccc(P(=O)(c4ccccc4)c4ccccc4)cc3)cc(-c3[c-]cc(C(C)(C)C)cc3)n2)cc1.O.O=S(=O)(O)C(F)(F)F.[Au].[Au].[Au]. The zero-order valence-electron chi connectivity index (χ0n) is 82.9.